The average molecular weight is 255 g/mol. The Morgan fingerprint density at radius 3 is 2.76 bits per heavy atom. The molecule has 0 amide bonds. The van der Waals surface area contributed by atoms with Crippen molar-refractivity contribution in [2.45, 2.75) is 12.8 Å². The van der Waals surface area contributed by atoms with Crippen molar-refractivity contribution in [3.63, 3.8) is 0 Å². The maximum absolute atomic E-state index is 11.4. The first-order chi connectivity index (χ1) is 8.04. The van der Waals surface area contributed by atoms with Crippen LogP contribution in [0.15, 0.2) is 6.07 Å². The molecule has 1 aromatic carbocycles. The van der Waals surface area contributed by atoms with E-state index in [1.165, 1.54) is 0 Å². The van der Waals surface area contributed by atoms with Crippen LogP contribution in [0.25, 0.3) is 0 Å². The average Bonchev–Trinajstić information content (AvgIpc) is 2.82. The predicted molar refractivity (Wildman–Crippen MR) is 63.3 cm³/mol. The van der Waals surface area contributed by atoms with Gasteiger partial charge in [0, 0.05) is 24.0 Å². The van der Waals surface area contributed by atoms with Gasteiger partial charge in [0.15, 0.2) is 0 Å². The fourth-order valence-electron chi connectivity index (χ4n) is 2.28. The molecule has 92 valence electrons. The highest BCUT2D eigenvalue weighted by atomic mass is 32.2. The Labute approximate surface area is 99.8 Å². The summed E-state index contributed by atoms with van der Waals surface area (Å²) in [6.07, 6.45) is 2.65. The molecule has 0 saturated heterocycles. The summed E-state index contributed by atoms with van der Waals surface area (Å²) in [7, 11) is -3.31. The van der Waals surface area contributed by atoms with E-state index in [-0.39, 0.29) is 0 Å². The molecule has 0 bridgehead atoms. The van der Waals surface area contributed by atoms with Gasteiger partial charge in [-0.05, 0) is 6.07 Å². The summed E-state index contributed by atoms with van der Waals surface area (Å²) in [6.45, 7) is 1.19. The van der Waals surface area contributed by atoms with Gasteiger partial charge in [-0.15, -0.1) is 0 Å². The second kappa shape index (κ2) is 3.53. The number of rotatable bonds is 2. The number of fused-ring (bicyclic) bond motifs is 2. The Balaban J connectivity index is 2.18. The monoisotopic (exact) mass is 255 g/mol. The first kappa shape index (κ1) is 10.7. The summed E-state index contributed by atoms with van der Waals surface area (Å²) >= 11 is 0. The lowest BCUT2D eigenvalue weighted by Gasteiger charge is -2.13. The van der Waals surface area contributed by atoms with Crippen LogP contribution < -0.4 is 14.2 Å². The summed E-state index contributed by atoms with van der Waals surface area (Å²) < 4.78 is 36.3. The van der Waals surface area contributed by atoms with Crippen LogP contribution in [0.2, 0.25) is 0 Å². The maximum atomic E-state index is 11.4. The van der Waals surface area contributed by atoms with Gasteiger partial charge in [0.2, 0.25) is 10.0 Å². The molecule has 0 aromatic heterocycles. The standard InChI is InChI=1S/C11H13NO4S/c1-17(13,14)12-10-8-3-5-15-9(8)6-7-2-4-16-11(7)10/h6,12H,2-5H2,1H3. The molecule has 0 atom stereocenters. The minimum absolute atomic E-state index is 0.565. The zero-order chi connectivity index (χ0) is 12.0. The van der Waals surface area contributed by atoms with Gasteiger partial charge < -0.3 is 9.47 Å². The number of ether oxygens (including phenoxy) is 2. The number of benzene rings is 1. The van der Waals surface area contributed by atoms with Gasteiger partial charge >= 0.3 is 0 Å². The van der Waals surface area contributed by atoms with Gasteiger partial charge in [-0.2, -0.15) is 0 Å². The highest BCUT2D eigenvalue weighted by molar-refractivity contribution is 7.92. The smallest absolute Gasteiger partial charge is 0.229 e. The Morgan fingerprint density at radius 1 is 1.24 bits per heavy atom. The first-order valence-corrected chi connectivity index (χ1v) is 7.36. The van der Waals surface area contributed by atoms with Crippen molar-refractivity contribution in [2.75, 3.05) is 24.2 Å². The molecule has 0 saturated carbocycles. The van der Waals surface area contributed by atoms with Crippen molar-refractivity contribution in [3.05, 3.63) is 17.2 Å². The summed E-state index contributed by atoms with van der Waals surface area (Å²) in [6, 6.07) is 1.96. The normalized spacial score (nSPS) is 17.0. The lowest BCUT2D eigenvalue weighted by atomic mass is 10.0. The Morgan fingerprint density at radius 2 is 2.00 bits per heavy atom. The van der Waals surface area contributed by atoms with Crippen LogP contribution in [0, 0.1) is 0 Å². The van der Waals surface area contributed by atoms with E-state index in [2.05, 4.69) is 4.72 Å². The molecule has 2 aliphatic heterocycles. The highest BCUT2D eigenvalue weighted by Crippen LogP contribution is 2.44. The molecule has 0 unspecified atom stereocenters. The third-order valence-electron chi connectivity index (χ3n) is 2.94. The molecule has 2 aliphatic rings. The van der Waals surface area contributed by atoms with E-state index in [1.807, 2.05) is 6.07 Å². The zero-order valence-corrected chi connectivity index (χ0v) is 10.3. The van der Waals surface area contributed by atoms with Crippen LogP contribution in [0.1, 0.15) is 11.1 Å². The molecule has 0 spiro atoms. The van der Waals surface area contributed by atoms with Crippen LogP contribution >= 0.6 is 0 Å². The Kier molecular flexibility index (Phi) is 2.22. The van der Waals surface area contributed by atoms with E-state index < -0.39 is 10.0 Å². The number of hydrogen-bond donors (Lipinski definition) is 1. The van der Waals surface area contributed by atoms with Crippen LogP contribution in [0.5, 0.6) is 11.5 Å². The van der Waals surface area contributed by atoms with Crippen molar-refractivity contribution in [3.8, 4) is 11.5 Å². The van der Waals surface area contributed by atoms with Crippen molar-refractivity contribution in [1.82, 2.24) is 0 Å². The topological polar surface area (TPSA) is 64.6 Å². The number of sulfonamides is 1. The van der Waals surface area contributed by atoms with Gasteiger partial charge in [0.1, 0.15) is 11.5 Å². The van der Waals surface area contributed by atoms with Gasteiger partial charge in [-0.3, -0.25) is 4.72 Å². The molecule has 0 aliphatic carbocycles. The summed E-state index contributed by atoms with van der Waals surface area (Å²) in [5, 5.41) is 0. The molecular weight excluding hydrogens is 242 g/mol. The minimum atomic E-state index is -3.31. The lowest BCUT2D eigenvalue weighted by molar-refractivity contribution is 0.356. The van der Waals surface area contributed by atoms with E-state index in [0.29, 0.717) is 31.1 Å². The number of nitrogens with one attached hydrogen (secondary N) is 1. The third kappa shape index (κ3) is 1.82. The van der Waals surface area contributed by atoms with E-state index in [1.54, 1.807) is 0 Å². The molecule has 0 fully saturated rings. The second-order valence-electron chi connectivity index (χ2n) is 4.29. The largest absolute Gasteiger partial charge is 0.493 e. The Hall–Kier alpha value is -1.43. The maximum Gasteiger partial charge on any atom is 0.229 e. The SMILES string of the molecule is CS(=O)(=O)Nc1c2c(cc3c1OCC3)OCC2. The number of hydrogen-bond acceptors (Lipinski definition) is 4. The van der Waals surface area contributed by atoms with Crippen molar-refractivity contribution >= 4 is 15.7 Å². The van der Waals surface area contributed by atoms with Gasteiger partial charge in [-0.1, -0.05) is 0 Å². The molecule has 1 N–H and O–H groups in total. The summed E-state index contributed by atoms with van der Waals surface area (Å²) in [5.41, 5.74) is 2.47. The predicted octanol–water partition coefficient (Wildman–Crippen LogP) is 0.928. The van der Waals surface area contributed by atoms with Crippen LogP contribution in [-0.2, 0) is 22.9 Å². The van der Waals surface area contributed by atoms with Crippen LogP contribution in [0.3, 0.4) is 0 Å². The lowest BCUT2D eigenvalue weighted by Crippen LogP contribution is -2.12. The van der Waals surface area contributed by atoms with E-state index in [9.17, 15) is 8.42 Å². The van der Waals surface area contributed by atoms with Gasteiger partial charge in [0.05, 0.1) is 25.2 Å². The summed E-state index contributed by atoms with van der Waals surface area (Å²) in [4.78, 5) is 0. The minimum Gasteiger partial charge on any atom is -0.493 e. The molecule has 1 aromatic rings. The highest BCUT2D eigenvalue weighted by Gasteiger charge is 2.27. The van der Waals surface area contributed by atoms with Gasteiger partial charge in [-0.25, -0.2) is 8.42 Å². The molecule has 17 heavy (non-hydrogen) atoms. The molecule has 5 nitrogen and oxygen atoms in total. The fourth-order valence-corrected chi connectivity index (χ4v) is 2.87. The third-order valence-corrected chi connectivity index (χ3v) is 3.51. The van der Waals surface area contributed by atoms with Crippen molar-refractivity contribution in [2.24, 2.45) is 0 Å². The van der Waals surface area contributed by atoms with E-state index in [4.69, 9.17) is 9.47 Å². The van der Waals surface area contributed by atoms with E-state index in [0.717, 1.165) is 29.6 Å². The van der Waals surface area contributed by atoms with Crippen LogP contribution in [0.4, 0.5) is 5.69 Å². The Bertz CT molecular complexity index is 547. The van der Waals surface area contributed by atoms with Crippen molar-refractivity contribution < 1.29 is 17.9 Å². The molecule has 3 rings (SSSR count). The van der Waals surface area contributed by atoms with Crippen LogP contribution in [-0.4, -0.2) is 27.9 Å². The van der Waals surface area contributed by atoms with Gasteiger partial charge in [0.25, 0.3) is 0 Å². The molecule has 6 heteroatoms. The van der Waals surface area contributed by atoms with E-state index >= 15 is 0 Å². The molecule has 0 radical (unpaired) electrons. The van der Waals surface area contributed by atoms with Crippen molar-refractivity contribution in [1.29, 1.82) is 0 Å². The second-order valence-corrected chi connectivity index (χ2v) is 6.04. The first-order valence-electron chi connectivity index (χ1n) is 5.47. The fraction of sp³-hybridized carbons (Fsp3) is 0.455. The number of anilines is 1. The molecule has 2 heterocycles. The quantitative estimate of drug-likeness (QED) is 0.853. The summed E-state index contributed by atoms with van der Waals surface area (Å²) in [5.74, 6) is 1.44. The zero-order valence-electron chi connectivity index (χ0n) is 9.45. The molecular formula is C11H13NO4S.